The predicted octanol–water partition coefficient (Wildman–Crippen LogP) is 5.14. The first kappa shape index (κ1) is 17.3. The van der Waals surface area contributed by atoms with Gasteiger partial charge in [-0.25, -0.2) is 0 Å². The molecule has 0 amide bonds. The highest BCUT2D eigenvalue weighted by atomic mass is 79.9. The molecule has 1 aromatic heterocycles. The van der Waals surface area contributed by atoms with Crippen molar-refractivity contribution in [2.24, 2.45) is 11.8 Å². The molecule has 0 saturated heterocycles. The van der Waals surface area contributed by atoms with Gasteiger partial charge in [0.2, 0.25) is 0 Å². The quantitative estimate of drug-likeness (QED) is 0.703. The van der Waals surface area contributed by atoms with Crippen molar-refractivity contribution in [3.8, 4) is 0 Å². The molecular formula is C21H28BrN3. The van der Waals surface area contributed by atoms with E-state index in [4.69, 9.17) is 4.98 Å². The number of nitrogens with one attached hydrogen (secondary N) is 2. The Kier molecular flexibility index (Phi) is 5.28. The van der Waals surface area contributed by atoms with Gasteiger partial charge in [-0.15, -0.1) is 0 Å². The molecule has 2 aliphatic carbocycles. The minimum atomic E-state index is 0.593. The summed E-state index contributed by atoms with van der Waals surface area (Å²) in [5, 5.41) is 8.54. The van der Waals surface area contributed by atoms with Gasteiger partial charge in [0.25, 0.3) is 0 Å². The van der Waals surface area contributed by atoms with E-state index >= 15 is 0 Å². The van der Waals surface area contributed by atoms with Crippen molar-refractivity contribution in [1.82, 2.24) is 10.3 Å². The van der Waals surface area contributed by atoms with Crippen molar-refractivity contribution in [3.63, 3.8) is 0 Å². The van der Waals surface area contributed by atoms with Crippen molar-refractivity contribution in [2.45, 2.75) is 51.0 Å². The largest absolute Gasteiger partial charge is 0.381 e. The van der Waals surface area contributed by atoms with Crippen molar-refractivity contribution in [3.05, 3.63) is 34.4 Å². The SMILES string of the molecule is CNC[C@H]1CC[C@H](Nc2c(CC3CC3)cnc3ccc(Br)cc23)CC1. The summed E-state index contributed by atoms with van der Waals surface area (Å²) in [5.74, 6) is 1.72. The summed E-state index contributed by atoms with van der Waals surface area (Å²) in [6.07, 6.45) is 11.2. The Bertz CT molecular complexity index is 733. The number of fused-ring (bicyclic) bond motifs is 1. The number of benzene rings is 1. The minimum Gasteiger partial charge on any atom is -0.381 e. The summed E-state index contributed by atoms with van der Waals surface area (Å²) < 4.78 is 1.13. The molecule has 0 atom stereocenters. The topological polar surface area (TPSA) is 37.0 Å². The second kappa shape index (κ2) is 7.63. The molecule has 2 fully saturated rings. The Balaban J connectivity index is 1.58. The summed E-state index contributed by atoms with van der Waals surface area (Å²) in [7, 11) is 2.06. The molecule has 134 valence electrons. The smallest absolute Gasteiger partial charge is 0.0723 e. The van der Waals surface area contributed by atoms with Crippen LogP contribution in [0.3, 0.4) is 0 Å². The number of hydrogen-bond donors (Lipinski definition) is 2. The van der Waals surface area contributed by atoms with E-state index < -0.39 is 0 Å². The van der Waals surface area contributed by atoms with Gasteiger partial charge in [-0.3, -0.25) is 4.98 Å². The van der Waals surface area contributed by atoms with E-state index in [0.717, 1.165) is 28.4 Å². The fourth-order valence-corrected chi connectivity index (χ4v) is 4.53. The maximum Gasteiger partial charge on any atom is 0.0723 e. The molecule has 0 bridgehead atoms. The lowest BCUT2D eigenvalue weighted by Crippen LogP contribution is -2.30. The number of nitrogens with zero attached hydrogens (tertiary/aromatic N) is 1. The first-order valence-corrected chi connectivity index (χ1v) is 10.5. The van der Waals surface area contributed by atoms with Crippen LogP contribution in [-0.2, 0) is 6.42 Å². The van der Waals surface area contributed by atoms with Crippen LogP contribution in [0.1, 0.15) is 44.1 Å². The van der Waals surface area contributed by atoms with Crippen LogP contribution in [0, 0.1) is 11.8 Å². The van der Waals surface area contributed by atoms with Crippen LogP contribution < -0.4 is 10.6 Å². The molecule has 0 unspecified atom stereocenters. The van der Waals surface area contributed by atoms with Crippen LogP contribution in [0.25, 0.3) is 10.9 Å². The predicted molar refractivity (Wildman–Crippen MR) is 109 cm³/mol. The third-order valence-corrected chi connectivity index (χ3v) is 6.30. The van der Waals surface area contributed by atoms with Crippen LogP contribution in [0.5, 0.6) is 0 Å². The standard InChI is InChI=1S/C21H28BrN3/c1-23-12-15-4-7-18(8-5-15)25-21-16(10-14-2-3-14)13-24-20-9-6-17(22)11-19(20)21/h6,9,11,13-15,18,23H,2-5,7-8,10,12H2,1H3,(H,24,25)/t15-,18-. The van der Waals surface area contributed by atoms with Gasteiger partial charge in [0.1, 0.15) is 0 Å². The number of hydrogen-bond acceptors (Lipinski definition) is 3. The number of aromatic nitrogens is 1. The summed E-state index contributed by atoms with van der Waals surface area (Å²) in [5.41, 5.74) is 3.84. The van der Waals surface area contributed by atoms with Crippen molar-refractivity contribution < 1.29 is 0 Å². The molecule has 4 heteroatoms. The highest BCUT2D eigenvalue weighted by Crippen LogP contribution is 2.38. The zero-order valence-corrected chi connectivity index (χ0v) is 16.6. The van der Waals surface area contributed by atoms with Gasteiger partial charge in [-0.2, -0.15) is 0 Å². The monoisotopic (exact) mass is 401 g/mol. The molecule has 2 N–H and O–H groups in total. The number of anilines is 1. The molecule has 2 saturated carbocycles. The first-order valence-electron chi connectivity index (χ1n) is 9.71. The van der Waals surface area contributed by atoms with Crippen LogP contribution in [-0.4, -0.2) is 24.6 Å². The normalized spacial score (nSPS) is 23.8. The molecule has 0 spiro atoms. The molecule has 0 radical (unpaired) electrons. The van der Waals surface area contributed by atoms with E-state index in [1.807, 2.05) is 0 Å². The van der Waals surface area contributed by atoms with Crippen LogP contribution in [0.15, 0.2) is 28.9 Å². The molecule has 1 heterocycles. The molecule has 4 rings (SSSR count). The Morgan fingerprint density at radius 1 is 1.08 bits per heavy atom. The third kappa shape index (κ3) is 4.17. The van der Waals surface area contributed by atoms with Gasteiger partial charge in [0.05, 0.1) is 5.52 Å². The second-order valence-corrected chi connectivity index (χ2v) is 8.80. The molecule has 0 aliphatic heterocycles. The number of halogens is 1. The zero-order chi connectivity index (χ0) is 17.2. The third-order valence-electron chi connectivity index (χ3n) is 5.80. The van der Waals surface area contributed by atoms with Crippen molar-refractivity contribution >= 4 is 32.5 Å². The average Bonchev–Trinajstić information content (AvgIpc) is 3.43. The number of pyridine rings is 1. The van der Waals surface area contributed by atoms with Crippen LogP contribution in [0.2, 0.25) is 0 Å². The van der Waals surface area contributed by atoms with E-state index in [1.165, 1.54) is 61.6 Å². The summed E-state index contributed by atoms with van der Waals surface area (Å²) in [6, 6.07) is 7.03. The molecule has 2 aliphatic rings. The van der Waals surface area contributed by atoms with Crippen LogP contribution in [0.4, 0.5) is 5.69 Å². The molecule has 2 aromatic rings. The van der Waals surface area contributed by atoms with E-state index in [9.17, 15) is 0 Å². The second-order valence-electron chi connectivity index (χ2n) is 7.89. The Labute approximate surface area is 159 Å². The Morgan fingerprint density at radius 2 is 1.84 bits per heavy atom. The fourth-order valence-electron chi connectivity index (χ4n) is 4.17. The van der Waals surface area contributed by atoms with Gasteiger partial charge in [-0.1, -0.05) is 15.9 Å². The van der Waals surface area contributed by atoms with Gasteiger partial charge in [0.15, 0.2) is 0 Å². The molecule has 1 aromatic carbocycles. The van der Waals surface area contributed by atoms with E-state index in [1.54, 1.807) is 0 Å². The van der Waals surface area contributed by atoms with Gasteiger partial charge < -0.3 is 10.6 Å². The summed E-state index contributed by atoms with van der Waals surface area (Å²) in [4.78, 5) is 4.72. The fraction of sp³-hybridized carbons (Fsp3) is 0.571. The first-order chi connectivity index (χ1) is 12.2. The molecular weight excluding hydrogens is 374 g/mol. The van der Waals surface area contributed by atoms with E-state index in [0.29, 0.717) is 6.04 Å². The zero-order valence-electron chi connectivity index (χ0n) is 15.0. The Morgan fingerprint density at radius 3 is 2.56 bits per heavy atom. The van der Waals surface area contributed by atoms with Crippen molar-refractivity contribution in [2.75, 3.05) is 18.9 Å². The number of rotatable bonds is 6. The molecule has 25 heavy (non-hydrogen) atoms. The molecule has 3 nitrogen and oxygen atoms in total. The lowest BCUT2D eigenvalue weighted by Gasteiger charge is -2.30. The van der Waals surface area contributed by atoms with Gasteiger partial charge >= 0.3 is 0 Å². The van der Waals surface area contributed by atoms with Gasteiger partial charge in [-0.05, 0) is 94.1 Å². The van der Waals surface area contributed by atoms with Gasteiger partial charge in [0, 0.05) is 27.8 Å². The lowest BCUT2D eigenvalue weighted by atomic mass is 9.85. The maximum absolute atomic E-state index is 4.72. The van der Waals surface area contributed by atoms with Crippen molar-refractivity contribution in [1.29, 1.82) is 0 Å². The highest BCUT2D eigenvalue weighted by Gasteiger charge is 2.26. The maximum atomic E-state index is 4.72. The lowest BCUT2D eigenvalue weighted by molar-refractivity contribution is 0.331. The van der Waals surface area contributed by atoms with Crippen LogP contribution >= 0.6 is 15.9 Å². The Hall–Kier alpha value is -1.13. The highest BCUT2D eigenvalue weighted by molar-refractivity contribution is 9.10. The van der Waals surface area contributed by atoms with E-state index in [2.05, 4.69) is 58.0 Å². The average molecular weight is 402 g/mol. The van der Waals surface area contributed by atoms with E-state index in [-0.39, 0.29) is 0 Å². The summed E-state index contributed by atoms with van der Waals surface area (Å²) in [6.45, 7) is 1.16. The minimum absolute atomic E-state index is 0.593. The summed E-state index contributed by atoms with van der Waals surface area (Å²) >= 11 is 3.64.